The second-order valence-electron chi connectivity index (χ2n) is 8.14. The van der Waals surface area contributed by atoms with Crippen molar-refractivity contribution in [3.05, 3.63) is 96.6 Å². The molecule has 2 aromatic carbocycles. The van der Waals surface area contributed by atoms with Crippen LogP contribution in [-0.4, -0.2) is 42.7 Å². The monoisotopic (exact) mass is 550 g/mol. The molecule has 0 atom stereocenters. The van der Waals surface area contributed by atoms with Gasteiger partial charge in [0, 0.05) is 19.4 Å². The molecule has 0 bridgehead atoms. The number of aromatic nitrogens is 6. The zero-order valence-corrected chi connectivity index (χ0v) is 20.5. The van der Waals surface area contributed by atoms with Gasteiger partial charge in [0.1, 0.15) is 24.2 Å². The Labute approximate surface area is 223 Å². The van der Waals surface area contributed by atoms with Crippen LogP contribution in [0.1, 0.15) is 15.9 Å². The normalized spacial score (nSPS) is 11.2. The summed E-state index contributed by atoms with van der Waals surface area (Å²) in [6.07, 6.45) is 0.769. The van der Waals surface area contributed by atoms with E-state index < -0.39 is 29.0 Å². The van der Waals surface area contributed by atoms with Crippen LogP contribution in [0.15, 0.2) is 79.6 Å². The van der Waals surface area contributed by atoms with Crippen molar-refractivity contribution < 1.29 is 27.1 Å². The molecule has 0 saturated carbocycles. The summed E-state index contributed by atoms with van der Waals surface area (Å²) in [7, 11) is 1.67. The molecule has 1 amide bonds. The second-order valence-corrected chi connectivity index (χ2v) is 8.14. The van der Waals surface area contributed by atoms with Crippen molar-refractivity contribution in [3.8, 4) is 28.6 Å². The molecular formula is C26H18F4N8O2. The number of halogens is 4. The van der Waals surface area contributed by atoms with E-state index in [0.717, 1.165) is 30.3 Å². The predicted octanol–water partition coefficient (Wildman–Crippen LogP) is 5.36. The van der Waals surface area contributed by atoms with E-state index >= 15 is 0 Å². The smallest absolute Gasteiger partial charge is 0.416 e. The number of anilines is 2. The van der Waals surface area contributed by atoms with Crippen LogP contribution in [0, 0.1) is 5.82 Å². The van der Waals surface area contributed by atoms with Crippen molar-refractivity contribution in [2.45, 2.75) is 6.18 Å². The number of hydrogen-bond donors (Lipinski definition) is 2. The topological polar surface area (TPSA) is 120 Å². The summed E-state index contributed by atoms with van der Waals surface area (Å²) in [6.45, 7) is 0. The van der Waals surface area contributed by atoms with Crippen molar-refractivity contribution in [2.75, 3.05) is 17.7 Å². The molecular weight excluding hydrogens is 532 g/mol. The highest BCUT2D eigenvalue weighted by Crippen LogP contribution is 2.34. The Kier molecular flexibility index (Phi) is 7.05. The van der Waals surface area contributed by atoms with Crippen molar-refractivity contribution >= 4 is 17.5 Å². The molecule has 0 aliphatic rings. The van der Waals surface area contributed by atoms with E-state index in [1.54, 1.807) is 31.4 Å². The quantitative estimate of drug-likeness (QED) is 0.260. The number of ether oxygens (including phenoxy) is 1. The molecule has 10 nitrogen and oxygen atoms in total. The van der Waals surface area contributed by atoms with Gasteiger partial charge in [0.25, 0.3) is 5.91 Å². The van der Waals surface area contributed by atoms with Gasteiger partial charge in [0.05, 0.1) is 33.8 Å². The zero-order chi connectivity index (χ0) is 28.3. The van der Waals surface area contributed by atoms with Crippen LogP contribution in [0.4, 0.5) is 29.2 Å². The van der Waals surface area contributed by atoms with Crippen molar-refractivity contribution in [1.82, 2.24) is 29.7 Å². The Morgan fingerprint density at radius 1 is 1.02 bits per heavy atom. The first-order valence-electron chi connectivity index (χ1n) is 11.5. The fourth-order valence-electron chi connectivity index (χ4n) is 3.68. The minimum Gasteiger partial charge on any atom is -0.438 e. The first-order chi connectivity index (χ1) is 19.2. The molecule has 5 aromatic rings. The molecule has 0 spiro atoms. The summed E-state index contributed by atoms with van der Waals surface area (Å²) >= 11 is 0. The number of carbonyl (C=O) groups excluding carboxylic acids is 1. The molecule has 0 saturated heterocycles. The first kappa shape index (κ1) is 26.2. The van der Waals surface area contributed by atoms with Crippen LogP contribution in [0.5, 0.6) is 11.6 Å². The lowest BCUT2D eigenvalue weighted by Crippen LogP contribution is -2.17. The number of carbonyl (C=O) groups is 1. The van der Waals surface area contributed by atoms with Gasteiger partial charge < -0.3 is 15.4 Å². The highest BCUT2D eigenvalue weighted by molar-refractivity contribution is 6.05. The summed E-state index contributed by atoms with van der Waals surface area (Å²) in [6, 6.07) is 11.1. The number of benzene rings is 2. The molecule has 2 N–H and O–H groups in total. The van der Waals surface area contributed by atoms with Gasteiger partial charge in [-0.3, -0.25) is 4.79 Å². The maximum Gasteiger partial charge on any atom is 0.416 e. The number of nitrogens with one attached hydrogen (secondary N) is 2. The minimum absolute atomic E-state index is 0.0509. The van der Waals surface area contributed by atoms with Crippen LogP contribution in [-0.2, 0) is 6.18 Å². The third kappa shape index (κ3) is 5.55. The summed E-state index contributed by atoms with van der Waals surface area (Å²) in [5.74, 6) is -1.40. The average molecular weight is 550 g/mol. The highest BCUT2D eigenvalue weighted by Gasteiger charge is 2.31. The molecule has 0 unspecified atom stereocenters. The summed E-state index contributed by atoms with van der Waals surface area (Å²) in [4.78, 5) is 29.5. The number of hydrogen-bond acceptors (Lipinski definition) is 8. The molecule has 0 aliphatic carbocycles. The Hall–Kier alpha value is -5.40. The van der Waals surface area contributed by atoms with Gasteiger partial charge in [0.15, 0.2) is 0 Å². The van der Waals surface area contributed by atoms with E-state index in [2.05, 4.69) is 35.7 Å². The molecule has 3 aromatic heterocycles. The Bertz CT molecular complexity index is 1680. The molecule has 0 radical (unpaired) electrons. The van der Waals surface area contributed by atoms with Gasteiger partial charge in [-0.15, -0.1) is 0 Å². The van der Waals surface area contributed by atoms with E-state index in [9.17, 15) is 22.4 Å². The van der Waals surface area contributed by atoms with Gasteiger partial charge in [-0.05, 0) is 54.6 Å². The van der Waals surface area contributed by atoms with E-state index in [1.165, 1.54) is 29.6 Å². The zero-order valence-electron chi connectivity index (χ0n) is 20.5. The van der Waals surface area contributed by atoms with Crippen molar-refractivity contribution in [3.63, 3.8) is 0 Å². The largest absolute Gasteiger partial charge is 0.438 e. The van der Waals surface area contributed by atoms with Crippen LogP contribution in [0.2, 0.25) is 0 Å². The maximum atomic E-state index is 14.8. The van der Waals surface area contributed by atoms with E-state index in [0.29, 0.717) is 17.2 Å². The van der Waals surface area contributed by atoms with Gasteiger partial charge >= 0.3 is 6.18 Å². The molecule has 3 heterocycles. The number of pyridine rings is 1. The molecule has 14 heteroatoms. The third-order valence-electron chi connectivity index (χ3n) is 5.56. The number of rotatable bonds is 7. The molecule has 0 aliphatic heterocycles. The Balaban J connectivity index is 1.46. The number of nitrogens with zero attached hydrogens (tertiary/aromatic N) is 6. The molecule has 202 valence electrons. The van der Waals surface area contributed by atoms with Crippen LogP contribution < -0.4 is 15.4 Å². The highest BCUT2D eigenvalue weighted by atomic mass is 19.4. The Morgan fingerprint density at radius 3 is 2.62 bits per heavy atom. The fraction of sp³-hybridized carbons (Fsp3) is 0.0769. The van der Waals surface area contributed by atoms with E-state index in [-0.39, 0.29) is 23.0 Å². The number of amides is 1. The average Bonchev–Trinajstić information content (AvgIpc) is 3.49. The summed E-state index contributed by atoms with van der Waals surface area (Å²) < 4.78 is 62.0. The third-order valence-corrected chi connectivity index (χ3v) is 5.56. The maximum absolute atomic E-state index is 14.8. The summed E-state index contributed by atoms with van der Waals surface area (Å²) in [5, 5.41) is 9.08. The predicted molar refractivity (Wildman–Crippen MR) is 136 cm³/mol. The SMILES string of the molecule is CNc1nccc(-c2cccnc2Oc2ccc(F)c(C(=O)Nc3cc(C(F)(F)F)ccc3-n3cncn3)c2)n1. The number of alkyl halides is 3. The van der Waals surface area contributed by atoms with Crippen molar-refractivity contribution in [1.29, 1.82) is 0 Å². The van der Waals surface area contributed by atoms with Gasteiger partial charge in [-0.25, -0.2) is 29.0 Å². The molecule has 0 fully saturated rings. The van der Waals surface area contributed by atoms with Gasteiger partial charge in [0.2, 0.25) is 11.8 Å². The molecule has 5 rings (SSSR count). The van der Waals surface area contributed by atoms with Crippen LogP contribution in [0.3, 0.4) is 0 Å². The fourth-order valence-corrected chi connectivity index (χ4v) is 3.68. The lowest BCUT2D eigenvalue weighted by atomic mass is 10.1. The van der Waals surface area contributed by atoms with Crippen molar-refractivity contribution in [2.24, 2.45) is 0 Å². The Morgan fingerprint density at radius 2 is 1.88 bits per heavy atom. The lowest BCUT2D eigenvalue weighted by Gasteiger charge is -2.15. The lowest BCUT2D eigenvalue weighted by molar-refractivity contribution is -0.137. The van der Waals surface area contributed by atoms with Gasteiger partial charge in [-0.1, -0.05) is 0 Å². The standard InChI is InChI=1S/C26H18F4N8O2/c1-31-25-34-10-8-20(37-25)17-3-2-9-33-24(17)40-16-5-6-19(27)18(12-16)23(39)36-21-11-15(26(28,29)30)4-7-22(21)38-14-32-13-35-38/h2-14H,1H3,(H,36,39)(H,31,34,37). The molecule has 40 heavy (non-hydrogen) atoms. The van der Waals surface area contributed by atoms with Gasteiger partial charge in [-0.2, -0.15) is 18.3 Å². The summed E-state index contributed by atoms with van der Waals surface area (Å²) in [5.41, 5.74) is -0.664. The minimum atomic E-state index is -4.68. The first-order valence-corrected chi connectivity index (χ1v) is 11.5. The van der Waals surface area contributed by atoms with Crippen LogP contribution >= 0.6 is 0 Å². The second kappa shape index (κ2) is 10.8. The van der Waals surface area contributed by atoms with E-state index in [4.69, 9.17) is 4.74 Å². The van der Waals surface area contributed by atoms with Crippen LogP contribution in [0.25, 0.3) is 16.9 Å². The van der Waals surface area contributed by atoms with E-state index in [1.807, 2.05) is 0 Å².